The Morgan fingerprint density at radius 1 is 1.42 bits per heavy atom. The van der Waals surface area contributed by atoms with Gasteiger partial charge in [0.25, 0.3) is 0 Å². The van der Waals surface area contributed by atoms with E-state index in [-0.39, 0.29) is 0 Å². The minimum atomic E-state index is 0.443. The second-order valence-corrected chi connectivity index (χ2v) is 2.16. The highest BCUT2D eigenvalue weighted by molar-refractivity contribution is 5.49. The average Bonchev–Trinajstić information content (AvgIpc) is 2.75. The van der Waals surface area contributed by atoms with Gasteiger partial charge in [-0.1, -0.05) is 6.58 Å². The molecule has 2 rings (SSSR count). The van der Waals surface area contributed by atoms with Gasteiger partial charge in [-0.25, -0.2) is 9.97 Å². The number of nitrogens with zero attached hydrogens (tertiary/aromatic N) is 2. The van der Waals surface area contributed by atoms with Crippen molar-refractivity contribution in [2.45, 2.75) is 0 Å². The van der Waals surface area contributed by atoms with E-state index in [0.717, 1.165) is 0 Å². The van der Waals surface area contributed by atoms with Crippen LogP contribution in [-0.4, -0.2) is 9.97 Å². The SMILES string of the molecule is C=Cc1coc(-c2cocn2)n1. The minimum absolute atomic E-state index is 0.443. The van der Waals surface area contributed by atoms with Crippen LogP contribution in [0.15, 0.2) is 34.3 Å². The fraction of sp³-hybridized carbons (Fsp3) is 0. The van der Waals surface area contributed by atoms with Gasteiger partial charge < -0.3 is 8.83 Å². The normalized spacial score (nSPS) is 10.0. The smallest absolute Gasteiger partial charge is 0.249 e. The zero-order valence-corrected chi connectivity index (χ0v) is 6.23. The number of aromatic nitrogens is 2. The van der Waals surface area contributed by atoms with Gasteiger partial charge in [0.1, 0.15) is 18.2 Å². The second kappa shape index (κ2) is 2.65. The Balaban J connectivity index is 2.41. The molecule has 12 heavy (non-hydrogen) atoms. The second-order valence-electron chi connectivity index (χ2n) is 2.16. The van der Waals surface area contributed by atoms with E-state index in [4.69, 9.17) is 8.83 Å². The Kier molecular flexibility index (Phi) is 1.51. The lowest BCUT2D eigenvalue weighted by molar-refractivity contribution is 0.553. The summed E-state index contributed by atoms with van der Waals surface area (Å²) in [6.45, 7) is 3.56. The zero-order valence-electron chi connectivity index (χ0n) is 6.23. The van der Waals surface area contributed by atoms with E-state index in [9.17, 15) is 0 Å². The maximum Gasteiger partial charge on any atom is 0.249 e. The summed E-state index contributed by atoms with van der Waals surface area (Å²) in [7, 11) is 0. The van der Waals surface area contributed by atoms with Gasteiger partial charge in [0, 0.05) is 0 Å². The Morgan fingerprint density at radius 3 is 2.92 bits per heavy atom. The first-order chi connectivity index (χ1) is 5.90. The van der Waals surface area contributed by atoms with E-state index in [0.29, 0.717) is 17.3 Å². The Bertz CT molecular complexity index is 375. The molecule has 0 saturated carbocycles. The summed E-state index contributed by atoms with van der Waals surface area (Å²) in [4.78, 5) is 7.94. The molecule has 0 unspecified atom stereocenters. The lowest BCUT2D eigenvalue weighted by Crippen LogP contribution is -1.75. The van der Waals surface area contributed by atoms with Gasteiger partial charge >= 0.3 is 0 Å². The van der Waals surface area contributed by atoms with Gasteiger partial charge in [0.05, 0.1) is 0 Å². The van der Waals surface area contributed by atoms with Gasteiger partial charge in [-0.2, -0.15) is 0 Å². The van der Waals surface area contributed by atoms with Gasteiger partial charge in [0.2, 0.25) is 5.89 Å². The summed E-state index contributed by atoms with van der Waals surface area (Å²) < 4.78 is 9.87. The van der Waals surface area contributed by atoms with Crippen LogP contribution >= 0.6 is 0 Å². The van der Waals surface area contributed by atoms with Crippen LogP contribution in [-0.2, 0) is 0 Å². The Labute approximate surface area is 68.6 Å². The highest BCUT2D eigenvalue weighted by atomic mass is 16.4. The molecule has 0 aliphatic carbocycles. The van der Waals surface area contributed by atoms with Gasteiger partial charge in [-0.3, -0.25) is 0 Å². The largest absolute Gasteiger partial charge is 0.451 e. The summed E-state index contributed by atoms with van der Waals surface area (Å²) in [6.07, 6.45) is 5.91. The zero-order chi connectivity index (χ0) is 8.39. The third kappa shape index (κ3) is 1.03. The van der Waals surface area contributed by atoms with Crippen LogP contribution in [0.2, 0.25) is 0 Å². The lowest BCUT2D eigenvalue weighted by atomic mass is 10.5. The van der Waals surface area contributed by atoms with E-state index in [1.54, 1.807) is 6.08 Å². The topological polar surface area (TPSA) is 52.1 Å². The average molecular weight is 162 g/mol. The van der Waals surface area contributed by atoms with Crippen molar-refractivity contribution in [2.75, 3.05) is 0 Å². The predicted octanol–water partition coefficient (Wildman–Crippen LogP) is 1.97. The summed E-state index contributed by atoms with van der Waals surface area (Å²) >= 11 is 0. The lowest BCUT2D eigenvalue weighted by Gasteiger charge is -1.81. The first-order valence-corrected chi connectivity index (χ1v) is 3.36. The molecule has 2 aromatic rings. The van der Waals surface area contributed by atoms with Crippen molar-refractivity contribution in [1.29, 1.82) is 0 Å². The van der Waals surface area contributed by atoms with Crippen LogP contribution in [0.5, 0.6) is 0 Å². The molecule has 0 aliphatic rings. The molecule has 0 spiro atoms. The van der Waals surface area contributed by atoms with Crippen LogP contribution in [0.25, 0.3) is 17.7 Å². The molecule has 0 N–H and O–H groups in total. The standard InChI is InChI=1S/C8H6N2O2/c1-2-6-3-12-8(10-6)7-4-11-5-9-7/h2-5H,1H2. The molecule has 0 radical (unpaired) electrons. The first-order valence-electron chi connectivity index (χ1n) is 3.36. The summed E-state index contributed by atoms with van der Waals surface area (Å²) in [5.74, 6) is 0.443. The van der Waals surface area contributed by atoms with Crippen molar-refractivity contribution in [3.63, 3.8) is 0 Å². The van der Waals surface area contributed by atoms with E-state index < -0.39 is 0 Å². The molecular formula is C8H6N2O2. The molecule has 0 bridgehead atoms. The third-order valence-electron chi connectivity index (χ3n) is 1.38. The van der Waals surface area contributed by atoms with Crippen molar-refractivity contribution in [3.8, 4) is 11.6 Å². The molecule has 0 aromatic carbocycles. The highest BCUT2D eigenvalue weighted by Crippen LogP contribution is 2.15. The summed E-state index contributed by atoms with van der Waals surface area (Å²) in [5, 5.41) is 0. The van der Waals surface area contributed by atoms with Crippen molar-refractivity contribution in [3.05, 3.63) is 31.2 Å². The fourth-order valence-corrected chi connectivity index (χ4v) is 0.816. The highest BCUT2D eigenvalue weighted by Gasteiger charge is 2.06. The molecule has 0 fully saturated rings. The Morgan fingerprint density at radius 2 is 2.33 bits per heavy atom. The quantitative estimate of drug-likeness (QED) is 0.677. The van der Waals surface area contributed by atoms with Crippen molar-refractivity contribution < 1.29 is 8.83 Å². The van der Waals surface area contributed by atoms with E-state index >= 15 is 0 Å². The molecule has 0 amide bonds. The molecule has 2 aromatic heterocycles. The number of oxazole rings is 2. The van der Waals surface area contributed by atoms with Crippen molar-refractivity contribution in [2.24, 2.45) is 0 Å². The molecule has 60 valence electrons. The molecule has 2 heterocycles. The Hall–Kier alpha value is -1.84. The number of hydrogen-bond acceptors (Lipinski definition) is 4. The van der Waals surface area contributed by atoms with Crippen LogP contribution < -0.4 is 0 Å². The van der Waals surface area contributed by atoms with Crippen LogP contribution in [0, 0.1) is 0 Å². The molecule has 4 nitrogen and oxygen atoms in total. The predicted molar refractivity (Wildman–Crippen MR) is 42.1 cm³/mol. The third-order valence-corrected chi connectivity index (χ3v) is 1.38. The summed E-state index contributed by atoms with van der Waals surface area (Å²) in [6, 6.07) is 0. The van der Waals surface area contributed by atoms with E-state index in [1.807, 2.05) is 0 Å². The first kappa shape index (κ1) is 6.84. The molecule has 4 heteroatoms. The maximum atomic E-state index is 5.10. The fourth-order valence-electron chi connectivity index (χ4n) is 0.816. The number of rotatable bonds is 2. The van der Waals surface area contributed by atoms with Gasteiger partial charge in [0.15, 0.2) is 12.1 Å². The van der Waals surface area contributed by atoms with Crippen LogP contribution in [0.1, 0.15) is 5.69 Å². The van der Waals surface area contributed by atoms with Crippen molar-refractivity contribution >= 4 is 6.08 Å². The van der Waals surface area contributed by atoms with Crippen LogP contribution in [0.4, 0.5) is 0 Å². The maximum absolute atomic E-state index is 5.10. The number of hydrogen-bond donors (Lipinski definition) is 0. The molecule has 0 saturated heterocycles. The minimum Gasteiger partial charge on any atom is -0.451 e. The van der Waals surface area contributed by atoms with Gasteiger partial charge in [-0.05, 0) is 6.08 Å². The molecule has 0 aliphatic heterocycles. The van der Waals surface area contributed by atoms with E-state index in [1.165, 1.54) is 18.9 Å². The van der Waals surface area contributed by atoms with Crippen LogP contribution in [0.3, 0.4) is 0 Å². The molecular weight excluding hydrogens is 156 g/mol. The monoisotopic (exact) mass is 162 g/mol. The summed E-state index contributed by atoms with van der Waals surface area (Å²) in [5.41, 5.74) is 1.27. The van der Waals surface area contributed by atoms with Gasteiger partial charge in [-0.15, -0.1) is 0 Å². The van der Waals surface area contributed by atoms with Crippen molar-refractivity contribution in [1.82, 2.24) is 9.97 Å². The molecule has 0 atom stereocenters. The van der Waals surface area contributed by atoms with E-state index in [2.05, 4.69) is 16.5 Å².